The number of sulfonamides is 1. The van der Waals surface area contributed by atoms with E-state index in [4.69, 9.17) is 4.74 Å². The fourth-order valence-corrected chi connectivity index (χ4v) is 3.66. The molecule has 0 aliphatic carbocycles. The quantitative estimate of drug-likeness (QED) is 0.891. The molecule has 1 fully saturated rings. The van der Waals surface area contributed by atoms with Crippen molar-refractivity contribution in [2.75, 3.05) is 31.6 Å². The number of morpholine rings is 1. The van der Waals surface area contributed by atoms with Crippen LogP contribution in [-0.4, -0.2) is 50.1 Å². The molecule has 2 rings (SSSR count). The maximum atomic E-state index is 12.6. The molecule has 0 amide bonds. The van der Waals surface area contributed by atoms with E-state index in [2.05, 4.69) is 10.3 Å². The van der Waals surface area contributed by atoms with Gasteiger partial charge in [-0.05, 0) is 26.0 Å². The van der Waals surface area contributed by atoms with Gasteiger partial charge in [0.15, 0.2) is 0 Å². The van der Waals surface area contributed by atoms with Crippen molar-refractivity contribution in [3.05, 3.63) is 18.3 Å². The second-order valence-corrected chi connectivity index (χ2v) is 6.33. The predicted molar refractivity (Wildman–Crippen MR) is 72.6 cm³/mol. The first kappa shape index (κ1) is 14.2. The van der Waals surface area contributed by atoms with Gasteiger partial charge in [-0.25, -0.2) is 13.4 Å². The lowest BCUT2D eigenvalue weighted by Gasteiger charge is -2.30. The fraction of sp³-hybridized carbons (Fsp3) is 0.583. The zero-order chi connectivity index (χ0) is 13.9. The molecule has 0 saturated carbocycles. The van der Waals surface area contributed by atoms with Crippen LogP contribution in [0.25, 0.3) is 0 Å². The van der Waals surface area contributed by atoms with Gasteiger partial charge >= 0.3 is 0 Å². The number of nitrogens with zero attached hydrogens (tertiary/aromatic N) is 2. The summed E-state index contributed by atoms with van der Waals surface area (Å²) in [5.74, 6) is 0.407. The van der Waals surface area contributed by atoms with E-state index in [-0.39, 0.29) is 11.0 Å². The average molecular weight is 285 g/mol. The van der Waals surface area contributed by atoms with Crippen molar-refractivity contribution in [1.82, 2.24) is 9.29 Å². The Morgan fingerprint density at radius 1 is 1.58 bits per heavy atom. The van der Waals surface area contributed by atoms with E-state index < -0.39 is 10.0 Å². The first-order chi connectivity index (χ1) is 9.05. The van der Waals surface area contributed by atoms with Crippen molar-refractivity contribution in [2.45, 2.75) is 24.8 Å². The zero-order valence-electron chi connectivity index (χ0n) is 11.2. The Morgan fingerprint density at radius 3 is 3.05 bits per heavy atom. The van der Waals surface area contributed by atoms with E-state index in [1.54, 1.807) is 18.3 Å². The summed E-state index contributed by atoms with van der Waals surface area (Å²) in [5.41, 5.74) is 0. The van der Waals surface area contributed by atoms with Gasteiger partial charge < -0.3 is 10.1 Å². The summed E-state index contributed by atoms with van der Waals surface area (Å²) >= 11 is 0. The number of anilines is 1. The summed E-state index contributed by atoms with van der Waals surface area (Å²) in [6.07, 6.45) is 1.50. The summed E-state index contributed by atoms with van der Waals surface area (Å²) in [5, 5.41) is 2.98. The highest BCUT2D eigenvalue weighted by molar-refractivity contribution is 7.89. The maximum absolute atomic E-state index is 12.6. The smallest absolute Gasteiger partial charge is 0.246 e. The average Bonchev–Trinajstić information content (AvgIpc) is 2.39. The third kappa shape index (κ3) is 3.05. The molecule has 2 heterocycles. The van der Waals surface area contributed by atoms with Gasteiger partial charge in [0.05, 0.1) is 12.7 Å². The van der Waals surface area contributed by atoms with Crippen molar-refractivity contribution < 1.29 is 13.2 Å². The largest absolute Gasteiger partial charge is 0.376 e. The molecule has 0 radical (unpaired) electrons. The van der Waals surface area contributed by atoms with E-state index in [0.29, 0.717) is 32.1 Å². The Balaban J connectivity index is 2.33. The van der Waals surface area contributed by atoms with Crippen molar-refractivity contribution in [3.63, 3.8) is 0 Å². The topological polar surface area (TPSA) is 71.5 Å². The van der Waals surface area contributed by atoms with E-state index in [1.807, 2.05) is 13.8 Å². The summed E-state index contributed by atoms with van der Waals surface area (Å²) < 4.78 is 32.1. The first-order valence-electron chi connectivity index (χ1n) is 6.36. The summed E-state index contributed by atoms with van der Waals surface area (Å²) in [6.45, 7) is 5.59. The molecule has 1 N–H and O–H groups in total. The minimum Gasteiger partial charge on any atom is -0.376 e. The van der Waals surface area contributed by atoms with Crippen LogP contribution in [0.5, 0.6) is 0 Å². The molecule has 0 aromatic carbocycles. The van der Waals surface area contributed by atoms with Crippen LogP contribution < -0.4 is 5.32 Å². The van der Waals surface area contributed by atoms with Gasteiger partial charge in [0.1, 0.15) is 10.7 Å². The number of hydrogen-bond acceptors (Lipinski definition) is 5. The second-order valence-electron chi connectivity index (χ2n) is 4.42. The molecule has 1 atom stereocenters. The van der Waals surface area contributed by atoms with Crippen molar-refractivity contribution in [3.8, 4) is 0 Å². The molecular weight excluding hydrogens is 266 g/mol. The SMILES string of the molecule is CCNc1ncccc1S(=O)(=O)N1CCOC(C)C1. The number of nitrogens with one attached hydrogen (secondary N) is 1. The lowest BCUT2D eigenvalue weighted by atomic mass is 10.3. The van der Waals surface area contributed by atoms with Gasteiger partial charge in [-0.1, -0.05) is 0 Å². The lowest BCUT2D eigenvalue weighted by molar-refractivity contribution is 0.0102. The fourth-order valence-electron chi connectivity index (χ4n) is 2.04. The number of hydrogen-bond donors (Lipinski definition) is 1. The zero-order valence-corrected chi connectivity index (χ0v) is 12.0. The molecule has 1 unspecified atom stereocenters. The van der Waals surface area contributed by atoms with Crippen LogP contribution in [-0.2, 0) is 14.8 Å². The monoisotopic (exact) mass is 285 g/mol. The first-order valence-corrected chi connectivity index (χ1v) is 7.80. The predicted octanol–water partition coefficient (Wildman–Crippen LogP) is 0.923. The molecule has 0 bridgehead atoms. The highest BCUT2D eigenvalue weighted by atomic mass is 32.2. The minimum atomic E-state index is -3.52. The van der Waals surface area contributed by atoms with E-state index in [9.17, 15) is 8.42 Å². The standard InChI is InChI=1S/C12H19N3O3S/c1-3-13-12-11(5-4-6-14-12)19(16,17)15-7-8-18-10(2)9-15/h4-6,10H,3,7-9H2,1-2H3,(H,13,14). The van der Waals surface area contributed by atoms with E-state index in [0.717, 1.165) is 0 Å². The van der Waals surface area contributed by atoms with Crippen LogP contribution in [0.3, 0.4) is 0 Å². The lowest BCUT2D eigenvalue weighted by Crippen LogP contribution is -2.44. The third-order valence-electron chi connectivity index (χ3n) is 2.94. The number of aromatic nitrogens is 1. The van der Waals surface area contributed by atoms with Gasteiger partial charge in [-0.15, -0.1) is 0 Å². The van der Waals surface area contributed by atoms with E-state index in [1.165, 1.54) is 4.31 Å². The Bertz CT molecular complexity index is 533. The molecular formula is C12H19N3O3S. The van der Waals surface area contributed by atoms with Gasteiger partial charge in [0.2, 0.25) is 10.0 Å². The Kier molecular flexibility index (Phi) is 4.38. The van der Waals surface area contributed by atoms with Gasteiger partial charge in [-0.2, -0.15) is 4.31 Å². The highest BCUT2D eigenvalue weighted by Gasteiger charge is 2.31. The minimum absolute atomic E-state index is 0.0808. The highest BCUT2D eigenvalue weighted by Crippen LogP contribution is 2.23. The molecule has 1 aromatic heterocycles. The Labute approximate surface area is 113 Å². The molecule has 19 heavy (non-hydrogen) atoms. The molecule has 6 nitrogen and oxygen atoms in total. The van der Waals surface area contributed by atoms with Crippen molar-refractivity contribution >= 4 is 15.8 Å². The molecule has 106 valence electrons. The summed E-state index contributed by atoms with van der Waals surface area (Å²) in [6, 6.07) is 3.22. The normalized spacial score (nSPS) is 21.3. The molecule has 1 saturated heterocycles. The molecule has 1 aromatic rings. The number of ether oxygens (including phenoxy) is 1. The summed E-state index contributed by atoms with van der Waals surface area (Å²) in [7, 11) is -3.52. The maximum Gasteiger partial charge on any atom is 0.246 e. The van der Waals surface area contributed by atoms with Gasteiger partial charge in [-0.3, -0.25) is 0 Å². The van der Waals surface area contributed by atoms with Crippen LogP contribution in [0.15, 0.2) is 23.2 Å². The van der Waals surface area contributed by atoms with Crippen LogP contribution in [0, 0.1) is 0 Å². The number of pyridine rings is 1. The van der Waals surface area contributed by atoms with Gasteiger partial charge in [0.25, 0.3) is 0 Å². The van der Waals surface area contributed by atoms with Crippen molar-refractivity contribution in [2.24, 2.45) is 0 Å². The van der Waals surface area contributed by atoms with Crippen LogP contribution in [0.2, 0.25) is 0 Å². The molecule has 1 aliphatic rings. The Morgan fingerprint density at radius 2 is 2.37 bits per heavy atom. The van der Waals surface area contributed by atoms with Crippen LogP contribution in [0.1, 0.15) is 13.8 Å². The molecule has 0 spiro atoms. The van der Waals surface area contributed by atoms with Crippen LogP contribution >= 0.6 is 0 Å². The summed E-state index contributed by atoms with van der Waals surface area (Å²) in [4.78, 5) is 4.33. The van der Waals surface area contributed by atoms with E-state index >= 15 is 0 Å². The van der Waals surface area contributed by atoms with Crippen LogP contribution in [0.4, 0.5) is 5.82 Å². The molecule has 1 aliphatic heterocycles. The Hall–Kier alpha value is -1.18. The van der Waals surface area contributed by atoms with Crippen molar-refractivity contribution in [1.29, 1.82) is 0 Å². The second kappa shape index (κ2) is 5.85. The number of rotatable bonds is 4. The third-order valence-corrected chi connectivity index (χ3v) is 4.83. The molecule has 7 heteroatoms. The van der Waals surface area contributed by atoms with Gasteiger partial charge in [0, 0.05) is 25.8 Å².